The maximum Gasteiger partial charge on any atom is 0.407 e. The van der Waals surface area contributed by atoms with Crippen molar-refractivity contribution in [1.29, 1.82) is 0 Å². The molecule has 8 nitrogen and oxygen atoms in total. The van der Waals surface area contributed by atoms with Crippen molar-refractivity contribution in [2.75, 3.05) is 40.9 Å². The van der Waals surface area contributed by atoms with Crippen LogP contribution in [0.5, 0.6) is 11.5 Å². The minimum Gasteiger partial charge on any atom is -0.493 e. The quantitative estimate of drug-likeness (QED) is 0.235. The Bertz CT molecular complexity index is 737. The molecule has 2 N–H and O–H groups in total. The van der Waals surface area contributed by atoms with E-state index in [2.05, 4.69) is 26.6 Å². The van der Waals surface area contributed by atoms with E-state index in [0.29, 0.717) is 6.54 Å². The molecule has 1 saturated heterocycles. The molecule has 0 saturated carbocycles. The summed E-state index contributed by atoms with van der Waals surface area (Å²) in [6, 6.07) is 6.07. The zero-order valence-corrected chi connectivity index (χ0v) is 21.8. The summed E-state index contributed by atoms with van der Waals surface area (Å²) in [6.45, 7) is 7.95. The molecule has 0 bridgehead atoms. The molecule has 2 rings (SSSR count). The number of rotatable bonds is 7. The Labute approximate surface area is 203 Å². The van der Waals surface area contributed by atoms with Crippen LogP contribution in [-0.4, -0.2) is 69.5 Å². The van der Waals surface area contributed by atoms with Crippen LogP contribution in [-0.2, 0) is 11.2 Å². The highest BCUT2D eigenvalue weighted by atomic mass is 127. The topological polar surface area (TPSA) is 84.4 Å². The van der Waals surface area contributed by atoms with E-state index in [1.54, 1.807) is 21.3 Å². The number of nitrogens with one attached hydrogen (secondary N) is 2. The largest absolute Gasteiger partial charge is 0.493 e. The number of ether oxygens (including phenoxy) is 3. The lowest BCUT2D eigenvalue weighted by molar-refractivity contribution is 0.0507. The Morgan fingerprint density at radius 2 is 1.94 bits per heavy atom. The fraction of sp³-hybridized carbons (Fsp3) is 0.636. The maximum absolute atomic E-state index is 12.0. The van der Waals surface area contributed by atoms with E-state index in [4.69, 9.17) is 14.2 Å². The second-order valence-corrected chi connectivity index (χ2v) is 8.34. The summed E-state index contributed by atoms with van der Waals surface area (Å²) in [4.78, 5) is 18.5. The van der Waals surface area contributed by atoms with Gasteiger partial charge in [0.15, 0.2) is 17.5 Å². The summed E-state index contributed by atoms with van der Waals surface area (Å²) in [5.74, 6) is 2.35. The van der Waals surface area contributed by atoms with Gasteiger partial charge in [-0.05, 0) is 57.7 Å². The Hall–Kier alpha value is -1.91. The summed E-state index contributed by atoms with van der Waals surface area (Å²) >= 11 is 0. The number of aliphatic imine (C=N–C) groups is 1. The van der Waals surface area contributed by atoms with Crippen LogP contribution in [0, 0.1) is 0 Å². The third-order valence-corrected chi connectivity index (χ3v) is 4.79. The highest BCUT2D eigenvalue weighted by Crippen LogP contribution is 2.27. The van der Waals surface area contributed by atoms with Crippen LogP contribution in [0.2, 0.25) is 0 Å². The number of methoxy groups -OCH3 is 2. The fourth-order valence-corrected chi connectivity index (χ4v) is 3.41. The van der Waals surface area contributed by atoms with Crippen molar-refractivity contribution >= 4 is 36.0 Å². The van der Waals surface area contributed by atoms with Crippen molar-refractivity contribution in [2.45, 2.75) is 51.7 Å². The lowest BCUT2D eigenvalue weighted by Crippen LogP contribution is -2.44. The Morgan fingerprint density at radius 3 is 2.55 bits per heavy atom. The molecule has 1 aliphatic heterocycles. The molecule has 1 fully saturated rings. The van der Waals surface area contributed by atoms with E-state index in [-0.39, 0.29) is 36.1 Å². The SMILES string of the molecule is CN=C(NCCCc1ccc(OC)c(OC)c1)N1CCC(NC(=O)OC(C)(C)C)C1.I. The first kappa shape index (κ1) is 27.1. The molecule has 9 heteroatoms. The Kier molecular flexibility index (Phi) is 11.2. The summed E-state index contributed by atoms with van der Waals surface area (Å²) < 4.78 is 16.0. The Morgan fingerprint density at radius 1 is 1.23 bits per heavy atom. The molecule has 0 radical (unpaired) electrons. The van der Waals surface area contributed by atoms with Crippen molar-refractivity contribution < 1.29 is 19.0 Å². The highest BCUT2D eigenvalue weighted by molar-refractivity contribution is 14.0. The number of aryl methyl sites for hydroxylation is 1. The van der Waals surface area contributed by atoms with E-state index in [0.717, 1.165) is 49.8 Å². The highest BCUT2D eigenvalue weighted by Gasteiger charge is 2.27. The first-order valence-electron chi connectivity index (χ1n) is 10.4. The van der Waals surface area contributed by atoms with Gasteiger partial charge < -0.3 is 29.7 Å². The van der Waals surface area contributed by atoms with Crippen LogP contribution < -0.4 is 20.1 Å². The van der Waals surface area contributed by atoms with Crippen molar-refractivity contribution in [1.82, 2.24) is 15.5 Å². The van der Waals surface area contributed by atoms with Gasteiger partial charge in [-0.1, -0.05) is 6.07 Å². The van der Waals surface area contributed by atoms with Gasteiger partial charge in [-0.25, -0.2) is 4.79 Å². The molecule has 1 heterocycles. The lowest BCUT2D eigenvalue weighted by Gasteiger charge is -2.23. The first-order valence-corrected chi connectivity index (χ1v) is 10.4. The number of nitrogens with zero attached hydrogens (tertiary/aromatic N) is 2. The van der Waals surface area contributed by atoms with E-state index in [1.165, 1.54) is 5.56 Å². The normalized spacial score (nSPS) is 16.4. The second-order valence-electron chi connectivity index (χ2n) is 8.34. The zero-order valence-electron chi connectivity index (χ0n) is 19.5. The number of alkyl carbamates (subject to hydrolysis) is 1. The monoisotopic (exact) mass is 548 g/mol. The minimum atomic E-state index is -0.492. The van der Waals surface area contributed by atoms with Gasteiger partial charge in [-0.15, -0.1) is 24.0 Å². The molecule has 0 aromatic heterocycles. The maximum atomic E-state index is 12.0. The fourth-order valence-electron chi connectivity index (χ4n) is 3.41. The second kappa shape index (κ2) is 12.8. The first-order chi connectivity index (χ1) is 14.3. The molecule has 31 heavy (non-hydrogen) atoms. The lowest BCUT2D eigenvalue weighted by atomic mass is 10.1. The van der Waals surface area contributed by atoms with E-state index in [9.17, 15) is 4.79 Å². The van der Waals surface area contributed by atoms with Gasteiger partial charge in [0.2, 0.25) is 0 Å². The molecular weight excluding hydrogens is 511 g/mol. The van der Waals surface area contributed by atoms with Gasteiger partial charge in [0, 0.05) is 26.7 Å². The van der Waals surface area contributed by atoms with Crippen molar-refractivity contribution in [3.05, 3.63) is 23.8 Å². The number of carbonyl (C=O) groups is 1. The van der Waals surface area contributed by atoms with E-state index in [1.807, 2.05) is 32.9 Å². The summed E-state index contributed by atoms with van der Waals surface area (Å²) in [5.41, 5.74) is 0.709. The minimum absolute atomic E-state index is 0. The molecule has 0 aliphatic carbocycles. The predicted octanol–water partition coefficient (Wildman–Crippen LogP) is 3.43. The molecule has 1 aromatic rings. The van der Waals surface area contributed by atoms with Crippen LogP contribution in [0.4, 0.5) is 4.79 Å². The number of carbonyl (C=O) groups excluding carboxylic acids is 1. The van der Waals surface area contributed by atoms with Gasteiger partial charge in [-0.2, -0.15) is 0 Å². The van der Waals surface area contributed by atoms with Crippen molar-refractivity contribution in [3.63, 3.8) is 0 Å². The van der Waals surface area contributed by atoms with E-state index < -0.39 is 5.60 Å². The molecule has 1 aromatic carbocycles. The van der Waals surface area contributed by atoms with Crippen LogP contribution >= 0.6 is 24.0 Å². The van der Waals surface area contributed by atoms with Crippen molar-refractivity contribution in [3.8, 4) is 11.5 Å². The zero-order chi connectivity index (χ0) is 22.1. The number of hydrogen-bond donors (Lipinski definition) is 2. The number of halogens is 1. The number of guanidine groups is 1. The van der Waals surface area contributed by atoms with Gasteiger partial charge in [0.1, 0.15) is 5.60 Å². The third-order valence-electron chi connectivity index (χ3n) is 4.79. The van der Waals surface area contributed by atoms with Gasteiger partial charge >= 0.3 is 6.09 Å². The molecular formula is C22H37IN4O4. The standard InChI is InChI=1S/C22H36N4O4.HI/c1-22(2,3)30-21(27)25-17-11-13-26(15-17)20(23-4)24-12-7-8-16-9-10-18(28-5)19(14-16)29-6;/h9-10,14,17H,7-8,11-13,15H2,1-6H3,(H,23,24)(H,25,27);1H. The molecule has 1 amide bonds. The number of benzene rings is 1. The summed E-state index contributed by atoms with van der Waals surface area (Å²) in [6.07, 6.45) is 2.38. The van der Waals surface area contributed by atoms with Gasteiger partial charge in [0.05, 0.1) is 20.3 Å². The average molecular weight is 548 g/mol. The predicted molar refractivity (Wildman–Crippen MR) is 134 cm³/mol. The molecule has 1 unspecified atom stereocenters. The van der Waals surface area contributed by atoms with Crippen LogP contribution in [0.1, 0.15) is 39.2 Å². The Balaban J connectivity index is 0.00000480. The number of amides is 1. The smallest absolute Gasteiger partial charge is 0.407 e. The number of hydrogen-bond acceptors (Lipinski definition) is 5. The van der Waals surface area contributed by atoms with Crippen LogP contribution in [0.25, 0.3) is 0 Å². The molecule has 176 valence electrons. The average Bonchev–Trinajstić information content (AvgIpc) is 3.14. The van der Waals surface area contributed by atoms with Crippen LogP contribution in [0.3, 0.4) is 0 Å². The molecule has 0 spiro atoms. The van der Waals surface area contributed by atoms with E-state index >= 15 is 0 Å². The van der Waals surface area contributed by atoms with Crippen LogP contribution in [0.15, 0.2) is 23.2 Å². The van der Waals surface area contributed by atoms with Crippen molar-refractivity contribution in [2.24, 2.45) is 4.99 Å². The molecule has 1 aliphatic rings. The summed E-state index contributed by atoms with van der Waals surface area (Å²) in [5, 5.41) is 6.37. The van der Waals surface area contributed by atoms with Gasteiger partial charge in [0.25, 0.3) is 0 Å². The molecule has 1 atom stereocenters. The number of likely N-dealkylation sites (tertiary alicyclic amines) is 1. The third kappa shape index (κ3) is 9.00. The van der Waals surface area contributed by atoms with Gasteiger partial charge in [-0.3, -0.25) is 4.99 Å². The summed E-state index contributed by atoms with van der Waals surface area (Å²) in [7, 11) is 5.07.